The number of anilines is 4. The van der Waals surface area contributed by atoms with E-state index in [4.69, 9.17) is 24.1 Å². The maximum absolute atomic E-state index is 9.46. The van der Waals surface area contributed by atoms with Crippen LogP contribution in [0.2, 0.25) is 0 Å². The number of pyridine rings is 1. The predicted octanol–water partition coefficient (Wildman–Crippen LogP) is 15.8. The Morgan fingerprint density at radius 3 is 2.00 bits per heavy atom. The zero-order valence-corrected chi connectivity index (χ0v) is 35.6. The van der Waals surface area contributed by atoms with Crippen LogP contribution < -0.4 is 19.3 Å². The Labute approximate surface area is 391 Å². The van der Waals surface area contributed by atoms with Gasteiger partial charge in [0.1, 0.15) is 35.5 Å². The van der Waals surface area contributed by atoms with Crippen molar-refractivity contribution in [2.24, 2.45) is 5.92 Å². The summed E-state index contributed by atoms with van der Waals surface area (Å²) in [6.45, 7) is 1.52. The maximum Gasteiger partial charge on any atom is 0.137 e. The topological polar surface area (TPSA) is 42.8 Å². The molecule has 0 saturated carbocycles. The molecule has 0 amide bonds. The van der Waals surface area contributed by atoms with Crippen molar-refractivity contribution >= 4 is 44.6 Å². The van der Waals surface area contributed by atoms with E-state index >= 15 is 0 Å². The van der Waals surface area contributed by atoms with Crippen LogP contribution >= 0.6 is 0 Å². The Morgan fingerprint density at radius 1 is 0.600 bits per heavy atom. The van der Waals surface area contributed by atoms with E-state index in [1.54, 1.807) is 47.0 Å². The summed E-state index contributed by atoms with van der Waals surface area (Å²) in [4.78, 5) is 9.35. The maximum atomic E-state index is 9.46. The number of para-hydroxylation sites is 3. The van der Waals surface area contributed by atoms with Crippen LogP contribution in [-0.2, 0) is 6.37 Å². The molecule has 6 heteroatoms. The van der Waals surface area contributed by atoms with Gasteiger partial charge in [-0.3, -0.25) is 4.57 Å². The van der Waals surface area contributed by atoms with Crippen molar-refractivity contribution in [2.75, 3.05) is 16.5 Å². The van der Waals surface area contributed by atoms with Gasteiger partial charge in [0.05, 0.1) is 33.6 Å². The van der Waals surface area contributed by atoms with Crippen LogP contribution in [0.1, 0.15) is 37.3 Å². The van der Waals surface area contributed by atoms with Crippen molar-refractivity contribution in [1.82, 2.24) is 9.55 Å². The molecule has 0 aliphatic carbocycles. The van der Waals surface area contributed by atoms with Crippen LogP contribution in [0.4, 0.5) is 22.7 Å². The first-order valence-corrected chi connectivity index (χ1v) is 21.7. The summed E-state index contributed by atoms with van der Waals surface area (Å²) in [6.07, 6.45) is -0.217. The lowest BCUT2D eigenvalue weighted by atomic mass is 9.90. The van der Waals surface area contributed by atoms with E-state index in [1.165, 1.54) is 12.3 Å². The lowest BCUT2D eigenvalue weighted by Gasteiger charge is -2.28. The van der Waals surface area contributed by atoms with Crippen molar-refractivity contribution in [3.63, 3.8) is 0 Å². The van der Waals surface area contributed by atoms with Gasteiger partial charge >= 0.3 is 0 Å². The molecule has 65 heavy (non-hydrogen) atoms. The second-order valence-electron chi connectivity index (χ2n) is 16.7. The van der Waals surface area contributed by atoms with Crippen LogP contribution in [-0.4, -0.2) is 16.2 Å². The van der Waals surface area contributed by atoms with Gasteiger partial charge < -0.3 is 19.3 Å². The van der Waals surface area contributed by atoms with Crippen LogP contribution in [0.3, 0.4) is 0 Å². The first kappa shape index (κ1) is 30.1. The summed E-state index contributed by atoms with van der Waals surface area (Å²) in [6, 6.07) is 50.2. The van der Waals surface area contributed by atoms with Gasteiger partial charge in [0, 0.05) is 58.3 Å². The average Bonchev–Trinajstić information content (AvgIpc) is 3.97. The largest absolute Gasteiger partial charge is 0.457 e. The third kappa shape index (κ3) is 6.86. The fourth-order valence-electron chi connectivity index (χ4n) is 9.26. The fourth-order valence-corrected chi connectivity index (χ4v) is 9.26. The molecule has 0 unspecified atom stereocenters. The first-order valence-electron chi connectivity index (χ1n) is 26.2. The highest BCUT2D eigenvalue weighted by atomic mass is 16.5. The lowest BCUT2D eigenvalue weighted by Crippen LogP contribution is -2.25. The number of nitrogens with zero attached hydrogens (tertiary/aromatic N) is 4. The quantitative estimate of drug-likeness (QED) is 0.177. The molecular formula is C59H46N4O2. The van der Waals surface area contributed by atoms with Gasteiger partial charge in [0.15, 0.2) is 0 Å². The minimum Gasteiger partial charge on any atom is -0.457 e. The smallest absolute Gasteiger partial charge is 0.137 e. The number of fused-ring (bicyclic) bond motifs is 5. The van der Waals surface area contributed by atoms with E-state index in [0.29, 0.717) is 57.3 Å². The highest BCUT2D eigenvalue weighted by Crippen LogP contribution is 2.51. The molecule has 3 aliphatic heterocycles. The van der Waals surface area contributed by atoms with Gasteiger partial charge in [-0.1, -0.05) is 105 Å². The Kier molecular flexibility index (Phi) is 7.22. The molecule has 314 valence electrons. The molecule has 8 aromatic carbocycles. The van der Waals surface area contributed by atoms with Crippen LogP contribution in [0.25, 0.3) is 61.0 Å². The van der Waals surface area contributed by atoms with E-state index in [9.17, 15) is 2.74 Å². The number of aromatic nitrogens is 2. The SMILES string of the molecule is [2H]c1c([2H])c([2H])c2c(c1[2H])c1ccc3cc1n2-c1cc(C([2H])([2H])[2H])c(cn1)-c1cccc(c1)Oc1cccc(c1)-c1cc(C([2H])([2H])C(C)C)cc(-c2ccccc2)c1N1CN(c2cccc(c2)O3)c2ccccc21. The van der Waals surface area contributed by atoms with Gasteiger partial charge in [-0.05, 0) is 132 Å². The zero-order valence-electron chi connectivity index (χ0n) is 44.6. The molecule has 3 aliphatic rings. The third-order valence-electron chi connectivity index (χ3n) is 12.0. The molecule has 13 rings (SSSR count). The molecule has 12 bridgehead atoms. The van der Waals surface area contributed by atoms with E-state index in [-0.39, 0.29) is 40.3 Å². The highest BCUT2D eigenvalue weighted by molar-refractivity contribution is 6.09. The highest BCUT2D eigenvalue weighted by Gasteiger charge is 2.32. The van der Waals surface area contributed by atoms with Crippen molar-refractivity contribution in [3.8, 4) is 62.2 Å². The number of aryl methyl sites for hydroxylation is 1. The molecule has 0 fully saturated rings. The van der Waals surface area contributed by atoms with Gasteiger partial charge in [0.2, 0.25) is 0 Å². The Bertz CT molecular complexity index is 3910. The first-order chi connectivity index (χ1) is 35.5. The fraction of sp³-hybridized carbons (Fsp3) is 0.102. The summed E-state index contributed by atoms with van der Waals surface area (Å²) in [5.41, 5.74) is 8.88. The Hall–Kier alpha value is -8.09. The summed E-state index contributed by atoms with van der Waals surface area (Å²) in [5.74, 6) is 1.64. The molecule has 0 atom stereocenters. The molecule has 0 N–H and O–H groups in total. The molecule has 0 radical (unpaired) electrons. The summed E-state index contributed by atoms with van der Waals surface area (Å²) in [5, 5.41) is 0.761. The minimum atomic E-state index is -2.65. The Morgan fingerprint density at radius 2 is 1.25 bits per heavy atom. The molecule has 2 aromatic heterocycles. The normalized spacial score (nSPS) is 15.3. The van der Waals surface area contributed by atoms with E-state index < -0.39 is 25.3 Å². The molecule has 0 spiro atoms. The predicted molar refractivity (Wildman–Crippen MR) is 267 cm³/mol. The van der Waals surface area contributed by atoms with Crippen LogP contribution in [0.15, 0.2) is 194 Å². The second kappa shape index (κ2) is 15.6. The molecule has 0 saturated heterocycles. The van der Waals surface area contributed by atoms with Crippen LogP contribution in [0, 0.1) is 12.8 Å². The van der Waals surface area contributed by atoms with Crippen molar-refractivity contribution in [1.29, 1.82) is 0 Å². The average molecular weight is 852 g/mol. The van der Waals surface area contributed by atoms with Gasteiger partial charge in [0.25, 0.3) is 0 Å². The molecular weight excluding hydrogens is 797 g/mol. The van der Waals surface area contributed by atoms with Crippen molar-refractivity contribution in [3.05, 3.63) is 205 Å². The number of rotatable bonds is 3. The Balaban J connectivity index is 1.13. The van der Waals surface area contributed by atoms with E-state index in [1.807, 2.05) is 105 Å². The van der Waals surface area contributed by atoms with Gasteiger partial charge in [-0.2, -0.15) is 0 Å². The number of hydrogen-bond acceptors (Lipinski definition) is 5. The zero-order chi connectivity index (χ0) is 51.4. The third-order valence-corrected chi connectivity index (χ3v) is 12.0. The van der Waals surface area contributed by atoms with Crippen molar-refractivity contribution in [2.45, 2.75) is 27.1 Å². The number of benzene rings is 8. The summed E-state index contributed by atoms with van der Waals surface area (Å²) >= 11 is 0. The van der Waals surface area contributed by atoms with E-state index in [2.05, 4.69) is 34.1 Å². The number of hydrogen-bond donors (Lipinski definition) is 0. The molecule has 6 nitrogen and oxygen atoms in total. The monoisotopic (exact) mass is 851 g/mol. The van der Waals surface area contributed by atoms with Gasteiger partial charge in [-0.15, -0.1) is 0 Å². The lowest BCUT2D eigenvalue weighted by molar-refractivity contribution is 0.483. The summed E-state index contributed by atoms with van der Waals surface area (Å²) < 4.78 is 95.9. The van der Waals surface area contributed by atoms with E-state index in [0.717, 1.165) is 45.0 Å². The molecule has 5 heterocycles. The summed E-state index contributed by atoms with van der Waals surface area (Å²) in [7, 11) is 0. The standard InChI is InChI=1S/C59H46N4O2/c1-38(2)28-40-30-51(41-14-5-4-6-15-41)59-52(31-40)42-16-11-19-45(32-42)64-46-20-12-17-43(33-46)53-36-60-58(29-39(53)3)63-54-23-8-7-22-49(54)50-27-26-48(35-57(50)63)65-47-21-13-18-44(34-47)61-37-62(59)56-25-10-9-24-55(56)61/h4-27,29-36,38H,28,37H2,1-3H3/i3D3,7D,8D,22D,23D,28D2. The number of ether oxygens (including phenoxy) is 2. The van der Waals surface area contributed by atoms with Crippen LogP contribution in [0.5, 0.6) is 23.0 Å². The van der Waals surface area contributed by atoms with Gasteiger partial charge in [-0.25, -0.2) is 4.98 Å². The second-order valence-corrected chi connectivity index (χ2v) is 16.7. The van der Waals surface area contributed by atoms with Crippen molar-refractivity contribution < 1.29 is 21.8 Å². The minimum absolute atomic E-state index is 0.0281. The molecule has 10 aromatic rings.